The molecule has 0 aliphatic carbocycles. The van der Waals surface area contributed by atoms with Crippen LogP contribution in [0.2, 0.25) is 5.02 Å². The monoisotopic (exact) mass is 378 g/mol. The van der Waals surface area contributed by atoms with Crippen LogP contribution >= 0.6 is 11.6 Å². The number of nitrogens with zero attached hydrogens (tertiary/aromatic N) is 4. The molecule has 2 fully saturated rings. The highest BCUT2D eigenvalue weighted by molar-refractivity contribution is 6.44. The van der Waals surface area contributed by atoms with Crippen molar-refractivity contribution in [2.24, 2.45) is 0 Å². The number of rotatable bonds is 5. The van der Waals surface area contributed by atoms with Gasteiger partial charge in [-0.1, -0.05) is 23.7 Å². The first-order chi connectivity index (χ1) is 12.4. The molecule has 0 spiro atoms. The Labute approximate surface area is 158 Å². The molecule has 4 amide bonds. The summed E-state index contributed by atoms with van der Waals surface area (Å²) in [5.74, 6) is -1.46. The molecule has 0 saturated carbocycles. The van der Waals surface area contributed by atoms with Gasteiger partial charge in [0.2, 0.25) is 0 Å². The third kappa shape index (κ3) is 3.90. The second-order valence-electron chi connectivity index (χ2n) is 6.95. The van der Waals surface area contributed by atoms with E-state index in [4.69, 9.17) is 11.6 Å². The van der Waals surface area contributed by atoms with Crippen molar-refractivity contribution in [3.8, 4) is 0 Å². The zero-order valence-corrected chi connectivity index (χ0v) is 15.8. The van der Waals surface area contributed by atoms with Crippen LogP contribution in [0.3, 0.4) is 0 Å². The molecule has 0 radical (unpaired) electrons. The van der Waals surface area contributed by atoms with Gasteiger partial charge in [-0.3, -0.25) is 24.3 Å². The molecular weight excluding hydrogens is 356 g/mol. The minimum absolute atomic E-state index is 0.168. The predicted octanol–water partition coefficient (Wildman–Crippen LogP) is 1.61. The van der Waals surface area contributed by atoms with Crippen LogP contribution in [0.1, 0.15) is 19.4 Å². The van der Waals surface area contributed by atoms with Gasteiger partial charge in [0.1, 0.15) is 0 Å². The van der Waals surface area contributed by atoms with E-state index in [9.17, 15) is 14.4 Å². The Bertz CT molecular complexity index is 699. The van der Waals surface area contributed by atoms with Crippen LogP contribution in [0.25, 0.3) is 0 Å². The summed E-state index contributed by atoms with van der Waals surface area (Å²) < 4.78 is 0. The Balaban J connectivity index is 1.52. The average molecular weight is 379 g/mol. The zero-order chi connectivity index (χ0) is 18.8. The Kier molecular flexibility index (Phi) is 5.60. The molecule has 0 N–H and O–H groups in total. The molecule has 0 unspecified atom stereocenters. The number of hydrogen-bond donors (Lipinski definition) is 0. The molecule has 2 saturated heterocycles. The number of piperazine rings is 1. The van der Waals surface area contributed by atoms with Crippen LogP contribution in [0.15, 0.2) is 24.3 Å². The molecule has 2 aliphatic rings. The summed E-state index contributed by atoms with van der Waals surface area (Å²) in [4.78, 5) is 42.8. The van der Waals surface area contributed by atoms with Crippen molar-refractivity contribution in [1.82, 2.24) is 19.6 Å². The lowest BCUT2D eigenvalue weighted by molar-refractivity contribution is -0.144. The lowest BCUT2D eigenvalue weighted by Crippen LogP contribution is -2.51. The Morgan fingerprint density at radius 2 is 1.50 bits per heavy atom. The number of urea groups is 1. The molecule has 2 heterocycles. The summed E-state index contributed by atoms with van der Waals surface area (Å²) in [7, 11) is 0. The number of carbonyl (C=O) groups is 3. The fourth-order valence-electron chi connectivity index (χ4n) is 3.24. The van der Waals surface area contributed by atoms with Crippen LogP contribution in [0.4, 0.5) is 4.79 Å². The molecule has 140 valence electrons. The number of halogens is 1. The van der Waals surface area contributed by atoms with Gasteiger partial charge in [0.15, 0.2) is 0 Å². The topological polar surface area (TPSA) is 64.2 Å². The van der Waals surface area contributed by atoms with Crippen molar-refractivity contribution in [1.29, 1.82) is 0 Å². The largest absolute Gasteiger partial charge is 0.335 e. The minimum Gasteiger partial charge on any atom is -0.297 e. The van der Waals surface area contributed by atoms with Crippen molar-refractivity contribution < 1.29 is 14.4 Å². The molecule has 0 atom stereocenters. The number of hydrogen-bond acceptors (Lipinski definition) is 5. The van der Waals surface area contributed by atoms with Crippen molar-refractivity contribution in [2.75, 3.05) is 32.8 Å². The lowest BCUT2D eigenvalue weighted by Gasteiger charge is -2.36. The number of benzene rings is 1. The summed E-state index contributed by atoms with van der Waals surface area (Å²) >= 11 is 5.91. The van der Waals surface area contributed by atoms with Crippen LogP contribution in [-0.4, -0.2) is 76.3 Å². The molecule has 0 bridgehead atoms. The maximum Gasteiger partial charge on any atom is 0.335 e. The second kappa shape index (κ2) is 7.73. The summed E-state index contributed by atoms with van der Waals surface area (Å²) in [6.45, 7) is 7.60. The van der Waals surface area contributed by atoms with Crippen molar-refractivity contribution >= 4 is 29.4 Å². The Morgan fingerprint density at radius 1 is 0.923 bits per heavy atom. The van der Waals surface area contributed by atoms with Crippen LogP contribution in [-0.2, 0) is 16.1 Å². The SMILES string of the molecule is CC(C)N1C(=O)C(=O)N(CN2CCN(Cc3ccc(Cl)cc3)CC2)C1=O. The number of carbonyl (C=O) groups excluding carboxylic acids is 3. The highest BCUT2D eigenvalue weighted by Crippen LogP contribution is 2.17. The zero-order valence-electron chi connectivity index (χ0n) is 15.0. The normalized spacial score (nSPS) is 19.9. The third-order valence-corrected chi connectivity index (χ3v) is 4.98. The van der Waals surface area contributed by atoms with E-state index in [-0.39, 0.29) is 12.7 Å². The first-order valence-corrected chi connectivity index (χ1v) is 9.13. The first kappa shape index (κ1) is 18.8. The molecule has 7 nitrogen and oxygen atoms in total. The molecular formula is C18H23ClN4O3. The van der Waals surface area contributed by atoms with Crippen LogP contribution < -0.4 is 0 Å². The van der Waals surface area contributed by atoms with Crippen molar-refractivity contribution in [3.05, 3.63) is 34.9 Å². The van der Waals surface area contributed by atoms with Gasteiger partial charge in [0.05, 0.1) is 6.67 Å². The van der Waals surface area contributed by atoms with Crippen LogP contribution in [0.5, 0.6) is 0 Å². The fraction of sp³-hybridized carbons (Fsp3) is 0.500. The van der Waals surface area contributed by atoms with Gasteiger partial charge < -0.3 is 0 Å². The van der Waals surface area contributed by atoms with Gasteiger partial charge in [-0.2, -0.15) is 0 Å². The maximum atomic E-state index is 12.3. The van der Waals surface area contributed by atoms with E-state index >= 15 is 0 Å². The predicted molar refractivity (Wildman–Crippen MR) is 97.4 cm³/mol. The standard InChI is InChI=1S/C18H23ClN4O3/c1-13(2)23-17(25)16(24)22(18(23)26)12-21-9-7-20(8-10-21)11-14-3-5-15(19)6-4-14/h3-6,13H,7-12H2,1-2H3. The van der Waals surface area contributed by atoms with Crippen molar-refractivity contribution in [3.63, 3.8) is 0 Å². The third-order valence-electron chi connectivity index (χ3n) is 4.73. The van der Waals surface area contributed by atoms with E-state index in [1.807, 2.05) is 29.2 Å². The maximum absolute atomic E-state index is 12.3. The van der Waals surface area contributed by atoms with Gasteiger partial charge in [-0.15, -0.1) is 0 Å². The van der Waals surface area contributed by atoms with Crippen LogP contribution in [0, 0.1) is 0 Å². The van der Waals surface area contributed by atoms with Gasteiger partial charge in [-0.25, -0.2) is 9.69 Å². The van der Waals surface area contributed by atoms with E-state index in [1.165, 1.54) is 5.56 Å². The van der Waals surface area contributed by atoms with Gasteiger partial charge in [0.25, 0.3) is 0 Å². The van der Waals surface area contributed by atoms with E-state index in [0.717, 1.165) is 47.5 Å². The van der Waals surface area contributed by atoms with Crippen molar-refractivity contribution in [2.45, 2.75) is 26.4 Å². The minimum atomic E-state index is -0.730. The summed E-state index contributed by atoms with van der Waals surface area (Å²) in [5, 5.41) is 0.725. The Morgan fingerprint density at radius 3 is 2.04 bits per heavy atom. The van der Waals surface area contributed by atoms with Gasteiger partial charge in [0, 0.05) is 43.8 Å². The van der Waals surface area contributed by atoms with E-state index in [2.05, 4.69) is 4.90 Å². The molecule has 2 aliphatic heterocycles. The van der Waals surface area contributed by atoms with E-state index in [0.29, 0.717) is 0 Å². The van der Waals surface area contributed by atoms with Gasteiger partial charge >= 0.3 is 17.8 Å². The molecule has 1 aromatic carbocycles. The smallest absolute Gasteiger partial charge is 0.297 e. The quantitative estimate of drug-likeness (QED) is 0.575. The molecule has 1 aromatic rings. The molecule has 3 rings (SSSR count). The van der Waals surface area contributed by atoms with E-state index in [1.54, 1.807) is 13.8 Å². The van der Waals surface area contributed by atoms with Gasteiger partial charge in [-0.05, 0) is 31.5 Å². The average Bonchev–Trinajstić information content (AvgIpc) is 2.82. The highest BCUT2D eigenvalue weighted by Gasteiger charge is 2.46. The summed E-state index contributed by atoms with van der Waals surface area (Å²) in [5.41, 5.74) is 1.20. The second-order valence-corrected chi connectivity index (χ2v) is 7.38. The molecule has 8 heteroatoms. The van der Waals surface area contributed by atoms with E-state index < -0.39 is 17.8 Å². The summed E-state index contributed by atoms with van der Waals surface area (Å²) in [6.07, 6.45) is 0. The Hall–Kier alpha value is -1.96. The number of imide groups is 2. The highest BCUT2D eigenvalue weighted by atomic mass is 35.5. The lowest BCUT2D eigenvalue weighted by atomic mass is 10.2. The molecule has 26 heavy (non-hydrogen) atoms. The molecule has 0 aromatic heterocycles. The fourth-order valence-corrected chi connectivity index (χ4v) is 3.37. The summed E-state index contributed by atoms with van der Waals surface area (Å²) in [6, 6.07) is 6.97. The number of amides is 4. The first-order valence-electron chi connectivity index (χ1n) is 8.75.